The topological polar surface area (TPSA) is 65.4 Å². The maximum Gasteiger partial charge on any atom is 0.253 e. The molecule has 0 fully saturated rings. The molecule has 162 valence electrons. The molecule has 3 aromatic rings. The highest BCUT2D eigenvalue weighted by atomic mass is 32.2. The van der Waals surface area contributed by atoms with Crippen molar-refractivity contribution in [1.82, 2.24) is 4.57 Å². The lowest BCUT2D eigenvalue weighted by Gasteiger charge is -2.17. The van der Waals surface area contributed by atoms with Gasteiger partial charge in [-0.15, -0.1) is 0 Å². The molecule has 8 heteroatoms. The fourth-order valence-electron chi connectivity index (χ4n) is 4.00. The van der Waals surface area contributed by atoms with E-state index in [9.17, 15) is 22.0 Å². The highest BCUT2D eigenvalue weighted by molar-refractivity contribution is 7.89. The van der Waals surface area contributed by atoms with Crippen LogP contribution in [0.1, 0.15) is 23.1 Å². The summed E-state index contributed by atoms with van der Waals surface area (Å²) in [5, 5.41) is 0. The Hall–Kier alpha value is -3.00. The lowest BCUT2D eigenvalue weighted by atomic mass is 9.97. The summed E-state index contributed by atoms with van der Waals surface area (Å²) in [7, 11) is -1.63. The molecule has 1 aliphatic carbocycles. The van der Waals surface area contributed by atoms with Gasteiger partial charge in [-0.25, -0.2) is 17.2 Å². The van der Waals surface area contributed by atoms with Gasteiger partial charge in [0.1, 0.15) is 11.6 Å². The van der Waals surface area contributed by atoms with E-state index in [2.05, 4.69) is 0 Å². The van der Waals surface area contributed by atoms with Crippen molar-refractivity contribution in [3.8, 4) is 22.6 Å². The number of hydrogen-bond acceptors (Lipinski definition) is 4. The van der Waals surface area contributed by atoms with E-state index in [0.717, 1.165) is 41.5 Å². The van der Waals surface area contributed by atoms with E-state index < -0.39 is 21.5 Å². The molecule has 0 saturated heterocycles. The van der Waals surface area contributed by atoms with Gasteiger partial charge in [0.15, 0.2) is 21.4 Å². The normalized spacial score (nSPS) is 13.3. The molecule has 0 bridgehead atoms. The van der Waals surface area contributed by atoms with Crippen LogP contribution in [0.3, 0.4) is 0 Å². The van der Waals surface area contributed by atoms with Crippen LogP contribution in [0.2, 0.25) is 0 Å². The number of ether oxygens (including phenoxy) is 1. The molecule has 0 spiro atoms. The van der Waals surface area contributed by atoms with Crippen molar-refractivity contribution in [2.24, 2.45) is 7.05 Å². The van der Waals surface area contributed by atoms with Crippen molar-refractivity contribution in [1.29, 1.82) is 0 Å². The predicted octanol–water partition coefficient (Wildman–Crippen LogP) is 4.16. The second kappa shape index (κ2) is 7.92. The van der Waals surface area contributed by atoms with E-state index in [1.165, 1.54) is 10.6 Å². The van der Waals surface area contributed by atoms with Gasteiger partial charge in [-0.05, 0) is 54.7 Å². The Morgan fingerprint density at radius 3 is 2.42 bits per heavy atom. The molecule has 2 aromatic carbocycles. The Morgan fingerprint density at radius 2 is 1.71 bits per heavy atom. The zero-order valence-corrected chi connectivity index (χ0v) is 17.9. The van der Waals surface area contributed by atoms with Crippen LogP contribution in [0, 0.1) is 11.6 Å². The molecule has 31 heavy (non-hydrogen) atoms. The number of aromatic nitrogens is 1. The van der Waals surface area contributed by atoms with Gasteiger partial charge in [-0.2, -0.15) is 0 Å². The van der Waals surface area contributed by atoms with Crippen LogP contribution >= 0.6 is 0 Å². The fraction of sp³-hybridized carbons (Fsp3) is 0.261. The number of hydrogen-bond donors (Lipinski definition) is 0. The van der Waals surface area contributed by atoms with Gasteiger partial charge in [-0.1, -0.05) is 6.07 Å². The van der Waals surface area contributed by atoms with Crippen LogP contribution in [0.25, 0.3) is 11.1 Å². The molecule has 0 amide bonds. The zero-order chi connectivity index (χ0) is 22.3. The number of halogens is 2. The summed E-state index contributed by atoms with van der Waals surface area (Å²) in [4.78, 5) is 12.5. The molecule has 0 unspecified atom stereocenters. The number of benzene rings is 2. The van der Waals surface area contributed by atoms with Gasteiger partial charge in [0.05, 0.1) is 5.75 Å². The summed E-state index contributed by atoms with van der Waals surface area (Å²) in [5.74, 6) is -1.60. The first-order valence-corrected chi connectivity index (χ1v) is 11.8. The van der Waals surface area contributed by atoms with Gasteiger partial charge in [0, 0.05) is 42.3 Å². The fourth-order valence-corrected chi connectivity index (χ4v) is 4.78. The van der Waals surface area contributed by atoms with Crippen LogP contribution in [0.5, 0.6) is 11.5 Å². The van der Waals surface area contributed by atoms with Gasteiger partial charge < -0.3 is 9.30 Å². The largest absolute Gasteiger partial charge is 0.454 e. The van der Waals surface area contributed by atoms with E-state index in [-0.39, 0.29) is 22.8 Å². The molecule has 5 nitrogen and oxygen atoms in total. The van der Waals surface area contributed by atoms with Gasteiger partial charge in [-0.3, -0.25) is 4.79 Å². The maximum atomic E-state index is 14.2. The average Bonchev–Trinajstić information content (AvgIpc) is 3.17. The van der Waals surface area contributed by atoms with Crippen LogP contribution in [-0.2, 0) is 35.5 Å². The quantitative estimate of drug-likeness (QED) is 0.592. The number of nitrogens with zero attached hydrogens (tertiary/aromatic N) is 1. The molecule has 0 aliphatic heterocycles. The summed E-state index contributed by atoms with van der Waals surface area (Å²) in [6, 6.07) is 7.89. The first-order valence-electron chi connectivity index (χ1n) is 9.78. The van der Waals surface area contributed by atoms with Gasteiger partial charge in [0.2, 0.25) is 0 Å². The van der Waals surface area contributed by atoms with Crippen LogP contribution in [0.15, 0.2) is 47.4 Å². The highest BCUT2D eigenvalue weighted by Crippen LogP contribution is 2.39. The Balaban J connectivity index is 1.90. The molecule has 1 aliphatic rings. The summed E-state index contributed by atoms with van der Waals surface area (Å²) < 4.78 is 58.4. The standard InChI is InChI=1S/C23H21F2NO4S/c1-26-12-19(16-4-3-5-17(16)23(26)27)18-10-14(13-31(2,28)29)6-8-21(18)30-22-9-7-15(24)11-20(22)25/h6-12H,3-5,13H2,1-2H3. The molecule has 0 atom stereocenters. The molecule has 0 radical (unpaired) electrons. The Morgan fingerprint density at radius 1 is 1.00 bits per heavy atom. The number of sulfone groups is 1. The molecule has 4 rings (SSSR count). The van der Waals surface area contributed by atoms with Crippen LogP contribution in [-0.4, -0.2) is 19.2 Å². The van der Waals surface area contributed by atoms with Crippen LogP contribution < -0.4 is 10.3 Å². The van der Waals surface area contributed by atoms with E-state index in [1.807, 2.05) is 0 Å². The van der Waals surface area contributed by atoms with E-state index in [1.54, 1.807) is 31.4 Å². The smallest absolute Gasteiger partial charge is 0.253 e. The van der Waals surface area contributed by atoms with Crippen LogP contribution in [0.4, 0.5) is 8.78 Å². The predicted molar refractivity (Wildman–Crippen MR) is 114 cm³/mol. The second-order valence-electron chi connectivity index (χ2n) is 7.85. The first-order chi connectivity index (χ1) is 14.6. The minimum Gasteiger partial charge on any atom is -0.454 e. The average molecular weight is 445 g/mol. The number of aryl methyl sites for hydroxylation is 1. The van der Waals surface area contributed by atoms with Crippen molar-refractivity contribution in [2.75, 3.05) is 6.26 Å². The van der Waals surface area contributed by atoms with Crippen molar-refractivity contribution in [3.05, 3.63) is 81.3 Å². The molecular weight excluding hydrogens is 424 g/mol. The lowest BCUT2D eigenvalue weighted by Crippen LogP contribution is -2.21. The van der Waals surface area contributed by atoms with Gasteiger partial charge >= 0.3 is 0 Å². The third kappa shape index (κ3) is 4.39. The molecule has 0 N–H and O–H groups in total. The number of fused-ring (bicyclic) bond motifs is 1. The second-order valence-corrected chi connectivity index (χ2v) is 9.99. The lowest BCUT2D eigenvalue weighted by molar-refractivity contribution is 0.439. The summed E-state index contributed by atoms with van der Waals surface area (Å²) >= 11 is 0. The molecule has 1 heterocycles. The van der Waals surface area contributed by atoms with Crippen molar-refractivity contribution in [2.45, 2.75) is 25.0 Å². The van der Waals surface area contributed by atoms with E-state index in [0.29, 0.717) is 24.0 Å². The van der Waals surface area contributed by atoms with E-state index >= 15 is 0 Å². The van der Waals surface area contributed by atoms with Crippen molar-refractivity contribution >= 4 is 9.84 Å². The zero-order valence-electron chi connectivity index (χ0n) is 17.1. The third-order valence-corrected chi connectivity index (χ3v) is 6.18. The third-order valence-electron chi connectivity index (χ3n) is 5.32. The Bertz CT molecular complexity index is 1350. The number of pyridine rings is 1. The van der Waals surface area contributed by atoms with Gasteiger partial charge in [0.25, 0.3) is 5.56 Å². The molecule has 0 saturated carbocycles. The summed E-state index contributed by atoms with van der Waals surface area (Å²) in [5.41, 5.74) is 3.40. The number of rotatable bonds is 5. The minimum absolute atomic E-state index is 0.0596. The van der Waals surface area contributed by atoms with Crippen molar-refractivity contribution in [3.63, 3.8) is 0 Å². The first kappa shape index (κ1) is 21.2. The summed E-state index contributed by atoms with van der Waals surface area (Å²) in [6.45, 7) is 0. The monoisotopic (exact) mass is 445 g/mol. The van der Waals surface area contributed by atoms with Crippen molar-refractivity contribution < 1.29 is 21.9 Å². The minimum atomic E-state index is -3.28. The van der Waals surface area contributed by atoms with E-state index in [4.69, 9.17) is 4.74 Å². The highest BCUT2D eigenvalue weighted by Gasteiger charge is 2.23. The summed E-state index contributed by atoms with van der Waals surface area (Å²) in [6.07, 6.45) is 5.06. The maximum absolute atomic E-state index is 14.2. The Kier molecular flexibility index (Phi) is 5.43. The molecular formula is C23H21F2NO4S. The molecule has 1 aromatic heterocycles. The Labute approximate surface area is 178 Å². The SMILES string of the molecule is Cn1cc(-c2cc(CS(C)(=O)=O)ccc2Oc2ccc(F)cc2F)c2c(c1=O)CCC2.